The SMILES string of the molecule is CC(C)(C)OC(=O)N[C@@H](Cc1ccc2c(c1)COCC2)C(N)=O. The van der Waals surface area contributed by atoms with Gasteiger partial charge in [-0.05, 0) is 43.9 Å². The second kappa shape index (κ2) is 7.00. The minimum atomic E-state index is -0.813. The van der Waals surface area contributed by atoms with Gasteiger partial charge in [0.1, 0.15) is 11.6 Å². The third-order valence-electron chi connectivity index (χ3n) is 3.52. The molecule has 0 aliphatic carbocycles. The number of benzene rings is 1. The number of carbonyl (C=O) groups is 2. The molecular formula is C17H24N2O4. The fraction of sp³-hybridized carbons (Fsp3) is 0.529. The molecule has 1 aliphatic heterocycles. The Hall–Kier alpha value is -2.08. The van der Waals surface area contributed by atoms with E-state index in [2.05, 4.69) is 5.32 Å². The number of fused-ring (bicyclic) bond motifs is 1. The van der Waals surface area contributed by atoms with E-state index in [4.69, 9.17) is 15.2 Å². The highest BCUT2D eigenvalue weighted by atomic mass is 16.6. The van der Waals surface area contributed by atoms with Crippen LogP contribution in [-0.4, -0.2) is 30.3 Å². The van der Waals surface area contributed by atoms with Crippen LogP contribution in [0.25, 0.3) is 0 Å². The highest BCUT2D eigenvalue weighted by Crippen LogP contribution is 2.19. The first-order valence-electron chi connectivity index (χ1n) is 7.72. The number of carbonyl (C=O) groups excluding carboxylic acids is 2. The van der Waals surface area contributed by atoms with Crippen molar-refractivity contribution in [3.05, 3.63) is 34.9 Å². The molecule has 0 unspecified atom stereocenters. The summed E-state index contributed by atoms with van der Waals surface area (Å²) < 4.78 is 10.6. The van der Waals surface area contributed by atoms with Crippen molar-refractivity contribution in [1.82, 2.24) is 5.32 Å². The van der Waals surface area contributed by atoms with Crippen molar-refractivity contribution in [3.63, 3.8) is 0 Å². The normalized spacial score (nSPS) is 15.4. The standard InChI is InChI=1S/C17H24N2O4/c1-17(2,3)23-16(21)19-14(15(18)20)9-11-4-5-12-6-7-22-10-13(12)8-11/h4-5,8,14H,6-7,9-10H2,1-3H3,(H2,18,20)(H,19,21)/t14-/m0/s1. The van der Waals surface area contributed by atoms with Crippen LogP contribution in [0.15, 0.2) is 18.2 Å². The van der Waals surface area contributed by atoms with Crippen LogP contribution in [0.5, 0.6) is 0 Å². The van der Waals surface area contributed by atoms with Crippen molar-refractivity contribution >= 4 is 12.0 Å². The summed E-state index contributed by atoms with van der Waals surface area (Å²) in [7, 11) is 0. The largest absolute Gasteiger partial charge is 0.444 e. The number of rotatable bonds is 4. The molecule has 6 heteroatoms. The van der Waals surface area contributed by atoms with Crippen LogP contribution in [0.4, 0.5) is 4.79 Å². The van der Waals surface area contributed by atoms with Crippen LogP contribution >= 0.6 is 0 Å². The van der Waals surface area contributed by atoms with Crippen LogP contribution in [-0.2, 0) is 33.7 Å². The first-order valence-corrected chi connectivity index (χ1v) is 7.72. The first-order chi connectivity index (χ1) is 10.7. The van der Waals surface area contributed by atoms with E-state index in [0.29, 0.717) is 13.0 Å². The molecule has 1 aromatic carbocycles. The third kappa shape index (κ3) is 5.25. The van der Waals surface area contributed by atoms with E-state index in [1.807, 2.05) is 18.2 Å². The van der Waals surface area contributed by atoms with E-state index in [9.17, 15) is 9.59 Å². The molecule has 126 valence electrons. The van der Waals surface area contributed by atoms with E-state index in [0.717, 1.165) is 24.2 Å². The molecule has 23 heavy (non-hydrogen) atoms. The minimum Gasteiger partial charge on any atom is -0.444 e. The van der Waals surface area contributed by atoms with Crippen LogP contribution < -0.4 is 11.1 Å². The Labute approximate surface area is 136 Å². The van der Waals surface area contributed by atoms with Gasteiger partial charge in [-0.2, -0.15) is 0 Å². The Kier molecular flexibility index (Phi) is 5.26. The molecule has 0 spiro atoms. The third-order valence-corrected chi connectivity index (χ3v) is 3.52. The van der Waals surface area contributed by atoms with Crippen LogP contribution in [0.3, 0.4) is 0 Å². The average molecular weight is 320 g/mol. The van der Waals surface area contributed by atoms with Crippen molar-refractivity contribution in [1.29, 1.82) is 0 Å². The number of nitrogens with one attached hydrogen (secondary N) is 1. The lowest BCUT2D eigenvalue weighted by atomic mass is 9.97. The molecule has 3 N–H and O–H groups in total. The van der Waals surface area contributed by atoms with E-state index in [1.54, 1.807) is 20.8 Å². The Morgan fingerprint density at radius 1 is 1.35 bits per heavy atom. The molecule has 1 aromatic rings. The molecule has 0 saturated carbocycles. The number of amides is 2. The van der Waals surface area contributed by atoms with Gasteiger partial charge in [-0.3, -0.25) is 4.79 Å². The van der Waals surface area contributed by atoms with E-state index >= 15 is 0 Å². The molecule has 0 fully saturated rings. The summed E-state index contributed by atoms with van der Waals surface area (Å²) in [5.41, 5.74) is 8.08. The summed E-state index contributed by atoms with van der Waals surface area (Å²) in [6, 6.07) is 5.18. The number of hydrogen-bond acceptors (Lipinski definition) is 4. The molecule has 1 heterocycles. The summed E-state index contributed by atoms with van der Waals surface area (Å²) in [5, 5.41) is 2.53. The van der Waals surface area contributed by atoms with Gasteiger partial charge < -0.3 is 20.5 Å². The van der Waals surface area contributed by atoms with Gasteiger partial charge in [-0.15, -0.1) is 0 Å². The Morgan fingerprint density at radius 3 is 2.74 bits per heavy atom. The van der Waals surface area contributed by atoms with Gasteiger partial charge >= 0.3 is 6.09 Å². The number of ether oxygens (including phenoxy) is 2. The van der Waals surface area contributed by atoms with Crippen molar-refractivity contribution in [3.8, 4) is 0 Å². The van der Waals surface area contributed by atoms with Crippen molar-refractivity contribution in [2.75, 3.05) is 6.61 Å². The van der Waals surface area contributed by atoms with Crippen molar-refractivity contribution < 1.29 is 19.1 Å². The van der Waals surface area contributed by atoms with Gasteiger partial charge in [0.25, 0.3) is 0 Å². The Morgan fingerprint density at radius 2 is 2.09 bits per heavy atom. The van der Waals surface area contributed by atoms with Gasteiger partial charge in [0.2, 0.25) is 5.91 Å². The topological polar surface area (TPSA) is 90.7 Å². The quantitative estimate of drug-likeness (QED) is 0.883. The number of alkyl carbamates (subject to hydrolysis) is 1. The second-order valence-corrected chi connectivity index (χ2v) is 6.71. The molecule has 0 saturated heterocycles. The maximum Gasteiger partial charge on any atom is 0.408 e. The van der Waals surface area contributed by atoms with Gasteiger partial charge in [0.15, 0.2) is 0 Å². The van der Waals surface area contributed by atoms with Gasteiger partial charge in [-0.25, -0.2) is 4.79 Å². The zero-order valence-electron chi connectivity index (χ0n) is 13.8. The van der Waals surface area contributed by atoms with Gasteiger partial charge in [0, 0.05) is 6.42 Å². The van der Waals surface area contributed by atoms with Crippen LogP contribution in [0, 0.1) is 0 Å². The average Bonchev–Trinajstić information content (AvgIpc) is 2.44. The Bertz CT molecular complexity index is 593. The minimum absolute atomic E-state index is 0.321. The summed E-state index contributed by atoms with van der Waals surface area (Å²) in [4.78, 5) is 23.5. The number of primary amides is 1. The monoisotopic (exact) mass is 320 g/mol. The lowest BCUT2D eigenvalue weighted by Gasteiger charge is -2.23. The van der Waals surface area contributed by atoms with E-state index in [1.165, 1.54) is 5.56 Å². The molecule has 0 radical (unpaired) electrons. The van der Waals surface area contributed by atoms with Gasteiger partial charge in [-0.1, -0.05) is 18.2 Å². The lowest BCUT2D eigenvalue weighted by molar-refractivity contribution is -0.120. The summed E-state index contributed by atoms with van der Waals surface area (Å²) >= 11 is 0. The molecular weight excluding hydrogens is 296 g/mol. The Balaban J connectivity index is 2.04. The summed E-state index contributed by atoms with van der Waals surface area (Å²) in [6.45, 7) is 6.58. The molecule has 1 atom stereocenters. The fourth-order valence-corrected chi connectivity index (χ4v) is 2.46. The zero-order chi connectivity index (χ0) is 17.0. The highest BCUT2D eigenvalue weighted by molar-refractivity contribution is 5.84. The molecule has 0 aromatic heterocycles. The predicted octanol–water partition coefficient (Wildman–Crippen LogP) is 1.68. The number of nitrogens with two attached hydrogens (primary N) is 1. The van der Waals surface area contributed by atoms with Crippen molar-refractivity contribution in [2.45, 2.75) is 51.9 Å². The molecule has 2 rings (SSSR count). The fourth-order valence-electron chi connectivity index (χ4n) is 2.46. The molecule has 6 nitrogen and oxygen atoms in total. The predicted molar refractivity (Wildman–Crippen MR) is 85.9 cm³/mol. The second-order valence-electron chi connectivity index (χ2n) is 6.71. The molecule has 2 amide bonds. The van der Waals surface area contributed by atoms with E-state index in [-0.39, 0.29) is 0 Å². The lowest BCUT2D eigenvalue weighted by Crippen LogP contribution is -2.47. The van der Waals surface area contributed by atoms with Crippen LogP contribution in [0.1, 0.15) is 37.5 Å². The highest BCUT2D eigenvalue weighted by Gasteiger charge is 2.23. The molecule has 0 bridgehead atoms. The van der Waals surface area contributed by atoms with E-state index < -0.39 is 23.6 Å². The smallest absolute Gasteiger partial charge is 0.408 e. The number of hydrogen-bond donors (Lipinski definition) is 2. The van der Waals surface area contributed by atoms with Crippen LogP contribution in [0.2, 0.25) is 0 Å². The van der Waals surface area contributed by atoms with Crippen molar-refractivity contribution in [2.24, 2.45) is 5.73 Å². The summed E-state index contributed by atoms with van der Waals surface area (Å²) in [5.74, 6) is -0.593. The van der Waals surface area contributed by atoms with Gasteiger partial charge in [0.05, 0.1) is 13.2 Å². The maximum atomic E-state index is 11.8. The first kappa shape index (κ1) is 17.3. The zero-order valence-corrected chi connectivity index (χ0v) is 13.8. The molecule has 1 aliphatic rings. The summed E-state index contributed by atoms with van der Waals surface area (Å²) in [6.07, 6.45) is 0.565. The maximum absolute atomic E-state index is 11.8.